The summed E-state index contributed by atoms with van der Waals surface area (Å²) in [5, 5.41) is 10.7. The van der Waals surface area contributed by atoms with Crippen molar-refractivity contribution in [3.05, 3.63) is 40.0 Å². The molecule has 90 valence electrons. The Bertz CT molecular complexity index is 505. The molecule has 1 heterocycles. The number of hydrogen-bond donors (Lipinski definition) is 2. The van der Waals surface area contributed by atoms with Crippen LogP contribution in [0.1, 0.15) is 11.3 Å². The summed E-state index contributed by atoms with van der Waals surface area (Å²) in [5.41, 5.74) is 4.62. The summed E-state index contributed by atoms with van der Waals surface area (Å²) in [6, 6.07) is 8.22. The van der Waals surface area contributed by atoms with Crippen LogP contribution in [0.5, 0.6) is 0 Å². The topological polar surface area (TPSA) is 40.7 Å². The fourth-order valence-corrected chi connectivity index (χ4v) is 2.24. The molecule has 0 radical (unpaired) electrons. The molecule has 0 saturated carbocycles. The minimum Gasteiger partial charge on any atom is -0.319 e. The van der Waals surface area contributed by atoms with Gasteiger partial charge in [0.2, 0.25) is 0 Å². The normalized spacial score (nSPS) is 10.8. The van der Waals surface area contributed by atoms with Crippen molar-refractivity contribution in [2.45, 2.75) is 13.3 Å². The smallest absolute Gasteiger partial charge is 0.0953 e. The summed E-state index contributed by atoms with van der Waals surface area (Å²) in [4.78, 5) is 0. The van der Waals surface area contributed by atoms with E-state index in [1.165, 1.54) is 11.3 Å². The third-order valence-corrected chi connectivity index (χ3v) is 3.33. The van der Waals surface area contributed by atoms with Gasteiger partial charge in [0.15, 0.2) is 0 Å². The second kappa shape index (κ2) is 5.47. The van der Waals surface area contributed by atoms with Gasteiger partial charge in [0, 0.05) is 28.7 Å². The maximum absolute atomic E-state index is 4.41. The summed E-state index contributed by atoms with van der Waals surface area (Å²) < 4.78 is 1.08. The standard InChI is InChI=1S/C13H16BrN3/c1-9-12(6-7-15-2)16-17-13(9)10-4-3-5-11(14)8-10/h3-5,8,15H,6-7H2,1-2H3,(H,16,17). The van der Waals surface area contributed by atoms with E-state index in [2.05, 4.69) is 50.5 Å². The van der Waals surface area contributed by atoms with E-state index in [4.69, 9.17) is 0 Å². The lowest BCUT2D eigenvalue weighted by molar-refractivity contribution is 0.769. The molecule has 3 nitrogen and oxygen atoms in total. The Balaban J connectivity index is 2.30. The molecular weight excluding hydrogens is 278 g/mol. The van der Waals surface area contributed by atoms with Crippen LogP contribution in [0.15, 0.2) is 28.7 Å². The van der Waals surface area contributed by atoms with Crippen molar-refractivity contribution >= 4 is 15.9 Å². The van der Waals surface area contributed by atoms with Crippen LogP contribution in [0, 0.1) is 6.92 Å². The summed E-state index contributed by atoms with van der Waals surface area (Å²) in [7, 11) is 1.96. The number of aromatic nitrogens is 2. The van der Waals surface area contributed by atoms with Crippen LogP contribution in [0.3, 0.4) is 0 Å². The molecule has 0 aliphatic heterocycles. The summed E-state index contributed by atoms with van der Waals surface area (Å²) in [6.45, 7) is 3.08. The van der Waals surface area contributed by atoms with Crippen molar-refractivity contribution in [3.8, 4) is 11.3 Å². The van der Waals surface area contributed by atoms with E-state index < -0.39 is 0 Å². The molecule has 2 rings (SSSR count). The number of aromatic amines is 1. The summed E-state index contributed by atoms with van der Waals surface area (Å²) >= 11 is 3.48. The number of nitrogens with one attached hydrogen (secondary N) is 2. The zero-order chi connectivity index (χ0) is 12.3. The molecule has 0 atom stereocenters. The van der Waals surface area contributed by atoms with Gasteiger partial charge in [-0.05, 0) is 31.7 Å². The molecule has 0 amide bonds. The number of rotatable bonds is 4. The maximum Gasteiger partial charge on any atom is 0.0953 e. The van der Waals surface area contributed by atoms with Crippen LogP contribution in [0.2, 0.25) is 0 Å². The molecule has 0 unspecified atom stereocenters. The van der Waals surface area contributed by atoms with Crippen molar-refractivity contribution in [1.82, 2.24) is 15.5 Å². The molecule has 1 aromatic carbocycles. The predicted molar refractivity (Wildman–Crippen MR) is 74.1 cm³/mol. The van der Waals surface area contributed by atoms with Crippen LogP contribution in [0.4, 0.5) is 0 Å². The molecular formula is C13H16BrN3. The second-order valence-electron chi connectivity index (χ2n) is 4.04. The van der Waals surface area contributed by atoms with Gasteiger partial charge in [-0.1, -0.05) is 28.1 Å². The Labute approximate surface area is 110 Å². The van der Waals surface area contributed by atoms with Crippen molar-refractivity contribution in [1.29, 1.82) is 0 Å². The van der Waals surface area contributed by atoms with E-state index in [1.54, 1.807) is 0 Å². The molecule has 0 aliphatic carbocycles. The van der Waals surface area contributed by atoms with Gasteiger partial charge in [0.25, 0.3) is 0 Å². The van der Waals surface area contributed by atoms with Crippen LogP contribution in [-0.2, 0) is 6.42 Å². The van der Waals surface area contributed by atoms with Gasteiger partial charge < -0.3 is 5.32 Å². The lowest BCUT2D eigenvalue weighted by Crippen LogP contribution is -2.11. The van der Waals surface area contributed by atoms with Crippen LogP contribution in [-0.4, -0.2) is 23.8 Å². The summed E-state index contributed by atoms with van der Waals surface area (Å²) in [5.74, 6) is 0. The number of H-pyrrole nitrogens is 1. The van der Waals surface area contributed by atoms with Crippen LogP contribution in [0.25, 0.3) is 11.3 Å². The molecule has 0 aliphatic rings. The zero-order valence-electron chi connectivity index (χ0n) is 10.0. The molecule has 2 N–H and O–H groups in total. The molecule has 4 heteroatoms. The minimum absolute atomic E-state index is 0.959. The average molecular weight is 294 g/mol. The van der Waals surface area contributed by atoms with E-state index >= 15 is 0 Å². The monoisotopic (exact) mass is 293 g/mol. The second-order valence-corrected chi connectivity index (χ2v) is 4.96. The Morgan fingerprint density at radius 1 is 1.41 bits per heavy atom. The lowest BCUT2D eigenvalue weighted by atomic mass is 10.1. The van der Waals surface area contributed by atoms with Crippen LogP contribution >= 0.6 is 15.9 Å². The first-order chi connectivity index (χ1) is 8.22. The molecule has 0 saturated heterocycles. The van der Waals surface area contributed by atoms with E-state index in [9.17, 15) is 0 Å². The SMILES string of the molecule is CNCCc1[nH]nc(-c2cccc(Br)c2)c1C. The molecule has 2 aromatic rings. The lowest BCUT2D eigenvalue weighted by Gasteiger charge is -2.01. The fraction of sp³-hybridized carbons (Fsp3) is 0.308. The predicted octanol–water partition coefficient (Wildman–Crippen LogP) is 2.91. The van der Waals surface area contributed by atoms with E-state index in [1.807, 2.05) is 19.2 Å². The van der Waals surface area contributed by atoms with E-state index in [-0.39, 0.29) is 0 Å². The fourth-order valence-electron chi connectivity index (χ4n) is 1.84. The molecule has 0 spiro atoms. The number of hydrogen-bond acceptors (Lipinski definition) is 2. The van der Waals surface area contributed by atoms with Gasteiger partial charge in [-0.25, -0.2) is 0 Å². The van der Waals surface area contributed by atoms with Gasteiger partial charge in [0.05, 0.1) is 5.69 Å². The molecule has 1 aromatic heterocycles. The first kappa shape index (κ1) is 12.3. The van der Waals surface area contributed by atoms with E-state index in [0.717, 1.165) is 28.7 Å². The third kappa shape index (κ3) is 2.76. The largest absolute Gasteiger partial charge is 0.319 e. The number of nitrogens with zero attached hydrogens (tertiary/aromatic N) is 1. The molecule has 0 bridgehead atoms. The van der Waals surface area contributed by atoms with Gasteiger partial charge in [-0.15, -0.1) is 0 Å². The van der Waals surface area contributed by atoms with Gasteiger partial charge >= 0.3 is 0 Å². The van der Waals surface area contributed by atoms with Crippen molar-refractivity contribution < 1.29 is 0 Å². The highest BCUT2D eigenvalue weighted by Crippen LogP contribution is 2.25. The molecule has 0 fully saturated rings. The first-order valence-electron chi connectivity index (χ1n) is 5.66. The molecule has 17 heavy (non-hydrogen) atoms. The minimum atomic E-state index is 0.959. The Morgan fingerprint density at radius 3 is 2.94 bits per heavy atom. The Hall–Kier alpha value is -1.13. The Kier molecular flexibility index (Phi) is 3.97. The average Bonchev–Trinajstić information content (AvgIpc) is 2.68. The van der Waals surface area contributed by atoms with E-state index in [0.29, 0.717) is 0 Å². The quantitative estimate of drug-likeness (QED) is 0.910. The van der Waals surface area contributed by atoms with Gasteiger partial charge in [-0.2, -0.15) is 5.10 Å². The van der Waals surface area contributed by atoms with Crippen LogP contribution < -0.4 is 5.32 Å². The van der Waals surface area contributed by atoms with Gasteiger partial charge in [0.1, 0.15) is 0 Å². The van der Waals surface area contributed by atoms with Crippen molar-refractivity contribution in [3.63, 3.8) is 0 Å². The number of likely N-dealkylation sites (N-methyl/N-ethyl adjacent to an activating group) is 1. The number of benzene rings is 1. The first-order valence-corrected chi connectivity index (χ1v) is 6.46. The maximum atomic E-state index is 4.41. The zero-order valence-corrected chi connectivity index (χ0v) is 11.6. The van der Waals surface area contributed by atoms with Crippen molar-refractivity contribution in [2.75, 3.05) is 13.6 Å². The Morgan fingerprint density at radius 2 is 2.24 bits per heavy atom. The van der Waals surface area contributed by atoms with Crippen molar-refractivity contribution in [2.24, 2.45) is 0 Å². The highest BCUT2D eigenvalue weighted by atomic mass is 79.9. The highest BCUT2D eigenvalue weighted by Gasteiger charge is 2.10. The number of halogens is 1. The highest BCUT2D eigenvalue weighted by molar-refractivity contribution is 9.10. The third-order valence-electron chi connectivity index (χ3n) is 2.83. The summed E-state index contributed by atoms with van der Waals surface area (Å²) in [6.07, 6.45) is 0.976. The van der Waals surface area contributed by atoms with Gasteiger partial charge in [-0.3, -0.25) is 5.10 Å².